The van der Waals surface area contributed by atoms with Crippen LogP contribution in [0.2, 0.25) is 0 Å². The molecule has 0 aromatic carbocycles. The number of rotatable bonds is 4. The number of aromatic nitrogens is 1. The topological polar surface area (TPSA) is 65.2 Å². The summed E-state index contributed by atoms with van der Waals surface area (Å²) in [7, 11) is 0. The largest absolute Gasteiger partial charge is 0.461 e. The van der Waals surface area contributed by atoms with Gasteiger partial charge in [0.05, 0.1) is 17.7 Å². The molecule has 0 atom stereocenters. The van der Waals surface area contributed by atoms with Crippen molar-refractivity contribution in [1.82, 2.24) is 4.98 Å². The fraction of sp³-hybridized carbons (Fsp3) is 0.455. The van der Waals surface area contributed by atoms with Crippen LogP contribution in [0.25, 0.3) is 0 Å². The Hall–Kier alpha value is -1.77. The summed E-state index contributed by atoms with van der Waals surface area (Å²) >= 11 is 0. The summed E-state index contributed by atoms with van der Waals surface area (Å²) in [6.45, 7) is 0.499. The van der Waals surface area contributed by atoms with Crippen LogP contribution in [-0.2, 0) is 17.5 Å². The highest BCUT2D eigenvalue weighted by molar-refractivity contribution is 5.89. The van der Waals surface area contributed by atoms with Gasteiger partial charge in [-0.3, -0.25) is 0 Å². The molecule has 1 rings (SSSR count). The number of alkyl halides is 5. The Morgan fingerprint density at radius 3 is 2.45 bits per heavy atom. The van der Waals surface area contributed by atoms with Gasteiger partial charge in [0.25, 0.3) is 6.43 Å². The van der Waals surface area contributed by atoms with Gasteiger partial charge in [0, 0.05) is 12.7 Å². The second-order valence-electron chi connectivity index (χ2n) is 3.64. The standard InChI is InChI=1S/C11H11F5N2O2/c1-2-20-10(19)8-7(9(12)13)5(3-17)6(4-18-8)11(14,15)16/h4,9H,2-3,17H2,1H3. The van der Waals surface area contributed by atoms with Crippen molar-refractivity contribution in [3.05, 3.63) is 28.6 Å². The average molecular weight is 298 g/mol. The van der Waals surface area contributed by atoms with Gasteiger partial charge in [-0.05, 0) is 12.5 Å². The normalized spacial score (nSPS) is 11.8. The van der Waals surface area contributed by atoms with Crippen molar-refractivity contribution in [2.75, 3.05) is 6.61 Å². The lowest BCUT2D eigenvalue weighted by molar-refractivity contribution is -0.138. The van der Waals surface area contributed by atoms with Crippen LogP contribution in [0.4, 0.5) is 22.0 Å². The van der Waals surface area contributed by atoms with Crippen LogP contribution in [0, 0.1) is 0 Å². The van der Waals surface area contributed by atoms with Gasteiger partial charge in [-0.15, -0.1) is 0 Å². The van der Waals surface area contributed by atoms with Crippen LogP contribution in [0.15, 0.2) is 6.20 Å². The molecule has 0 aliphatic rings. The zero-order valence-electron chi connectivity index (χ0n) is 10.3. The summed E-state index contributed by atoms with van der Waals surface area (Å²) in [5.41, 5.74) is 0.884. The minimum Gasteiger partial charge on any atom is -0.461 e. The lowest BCUT2D eigenvalue weighted by Gasteiger charge is -2.17. The summed E-state index contributed by atoms with van der Waals surface area (Å²) in [5.74, 6) is -1.22. The zero-order valence-corrected chi connectivity index (χ0v) is 10.3. The van der Waals surface area contributed by atoms with Gasteiger partial charge >= 0.3 is 12.1 Å². The molecule has 112 valence electrons. The zero-order chi connectivity index (χ0) is 15.5. The van der Waals surface area contributed by atoms with E-state index in [0.717, 1.165) is 0 Å². The first-order chi connectivity index (χ1) is 9.23. The Bertz CT molecular complexity index is 502. The predicted molar refractivity (Wildman–Crippen MR) is 58.0 cm³/mol. The Morgan fingerprint density at radius 1 is 1.45 bits per heavy atom. The summed E-state index contributed by atoms with van der Waals surface area (Å²) in [5, 5.41) is 0. The molecule has 0 saturated carbocycles. The first-order valence-electron chi connectivity index (χ1n) is 5.48. The first-order valence-corrected chi connectivity index (χ1v) is 5.48. The molecular formula is C11H11F5N2O2. The molecule has 0 spiro atoms. The van der Waals surface area contributed by atoms with Crippen molar-refractivity contribution in [3.8, 4) is 0 Å². The van der Waals surface area contributed by atoms with Crippen LogP contribution in [0.1, 0.15) is 40.5 Å². The van der Waals surface area contributed by atoms with Crippen LogP contribution >= 0.6 is 0 Å². The molecule has 9 heteroatoms. The van der Waals surface area contributed by atoms with Crippen LogP contribution < -0.4 is 5.73 Å². The summed E-state index contributed by atoms with van der Waals surface area (Å²) in [6.07, 6.45) is -7.92. The number of carbonyl (C=O) groups excluding carboxylic acids is 1. The molecule has 0 aliphatic carbocycles. The van der Waals surface area contributed by atoms with Gasteiger partial charge in [-0.1, -0.05) is 0 Å². The van der Waals surface area contributed by atoms with Gasteiger partial charge < -0.3 is 10.5 Å². The van der Waals surface area contributed by atoms with E-state index in [9.17, 15) is 26.7 Å². The molecule has 0 amide bonds. The van der Waals surface area contributed by atoms with E-state index in [1.165, 1.54) is 6.92 Å². The maximum Gasteiger partial charge on any atom is 0.418 e. The fourth-order valence-electron chi connectivity index (χ4n) is 1.63. The molecule has 0 fully saturated rings. The minimum absolute atomic E-state index is 0.123. The lowest BCUT2D eigenvalue weighted by atomic mass is 10.0. The summed E-state index contributed by atoms with van der Waals surface area (Å²) < 4.78 is 68.5. The molecule has 1 aromatic rings. The highest BCUT2D eigenvalue weighted by atomic mass is 19.4. The van der Waals surface area contributed by atoms with Crippen molar-refractivity contribution in [2.45, 2.75) is 26.1 Å². The number of halogens is 5. The third kappa shape index (κ3) is 3.21. The number of ether oxygens (including phenoxy) is 1. The highest BCUT2D eigenvalue weighted by Gasteiger charge is 2.37. The second kappa shape index (κ2) is 6.12. The van der Waals surface area contributed by atoms with E-state index in [-0.39, 0.29) is 6.61 Å². The smallest absolute Gasteiger partial charge is 0.418 e. The third-order valence-electron chi connectivity index (χ3n) is 2.42. The quantitative estimate of drug-likeness (QED) is 0.685. The third-order valence-corrected chi connectivity index (χ3v) is 2.42. The molecular weight excluding hydrogens is 287 g/mol. The van der Waals surface area contributed by atoms with E-state index in [0.29, 0.717) is 6.20 Å². The van der Waals surface area contributed by atoms with E-state index in [1.807, 2.05) is 0 Å². The van der Waals surface area contributed by atoms with Gasteiger partial charge in [0.15, 0.2) is 5.69 Å². The number of hydrogen-bond acceptors (Lipinski definition) is 4. The van der Waals surface area contributed by atoms with E-state index in [1.54, 1.807) is 0 Å². The summed E-state index contributed by atoms with van der Waals surface area (Å²) in [4.78, 5) is 14.6. The number of nitrogens with zero attached hydrogens (tertiary/aromatic N) is 1. The monoisotopic (exact) mass is 298 g/mol. The molecule has 0 saturated heterocycles. The second-order valence-corrected chi connectivity index (χ2v) is 3.64. The Kier molecular flexibility index (Phi) is 4.98. The molecule has 2 N–H and O–H groups in total. The highest BCUT2D eigenvalue weighted by Crippen LogP contribution is 2.36. The van der Waals surface area contributed by atoms with Crippen molar-refractivity contribution < 1.29 is 31.5 Å². The SMILES string of the molecule is CCOC(=O)c1ncc(C(F)(F)F)c(CN)c1C(F)F. The maximum atomic E-state index is 13.0. The maximum absolute atomic E-state index is 13.0. The van der Waals surface area contributed by atoms with Crippen LogP contribution in [0.3, 0.4) is 0 Å². The minimum atomic E-state index is -4.89. The number of nitrogens with two attached hydrogens (primary N) is 1. The molecule has 1 heterocycles. The van der Waals surface area contributed by atoms with E-state index < -0.39 is 47.5 Å². The number of carbonyl (C=O) groups is 1. The Balaban J connectivity index is 3.54. The van der Waals surface area contributed by atoms with E-state index >= 15 is 0 Å². The van der Waals surface area contributed by atoms with Crippen LogP contribution in [-0.4, -0.2) is 17.6 Å². The number of hydrogen-bond donors (Lipinski definition) is 1. The molecule has 1 aromatic heterocycles. The molecule has 0 aliphatic heterocycles. The lowest BCUT2D eigenvalue weighted by Crippen LogP contribution is -2.20. The first kappa shape index (κ1) is 16.3. The fourth-order valence-corrected chi connectivity index (χ4v) is 1.63. The Morgan fingerprint density at radius 2 is 2.05 bits per heavy atom. The van der Waals surface area contributed by atoms with Crippen molar-refractivity contribution in [1.29, 1.82) is 0 Å². The predicted octanol–water partition coefficient (Wildman–Crippen LogP) is 2.67. The van der Waals surface area contributed by atoms with Gasteiger partial charge in [0.1, 0.15) is 0 Å². The Labute approximate surface area is 110 Å². The number of esters is 1. The van der Waals surface area contributed by atoms with Gasteiger partial charge in [-0.25, -0.2) is 18.6 Å². The molecule has 0 bridgehead atoms. The van der Waals surface area contributed by atoms with Gasteiger partial charge in [-0.2, -0.15) is 13.2 Å². The van der Waals surface area contributed by atoms with E-state index in [2.05, 4.69) is 9.72 Å². The van der Waals surface area contributed by atoms with Crippen molar-refractivity contribution >= 4 is 5.97 Å². The van der Waals surface area contributed by atoms with Crippen molar-refractivity contribution in [3.63, 3.8) is 0 Å². The summed E-state index contributed by atoms with van der Waals surface area (Å²) in [6, 6.07) is 0. The average Bonchev–Trinajstić information content (AvgIpc) is 2.35. The van der Waals surface area contributed by atoms with Gasteiger partial charge in [0.2, 0.25) is 0 Å². The van der Waals surface area contributed by atoms with Crippen LogP contribution in [0.5, 0.6) is 0 Å². The molecule has 0 radical (unpaired) electrons. The number of pyridine rings is 1. The molecule has 0 unspecified atom stereocenters. The molecule has 4 nitrogen and oxygen atoms in total. The van der Waals surface area contributed by atoms with E-state index in [4.69, 9.17) is 5.73 Å². The van der Waals surface area contributed by atoms with Crippen molar-refractivity contribution in [2.24, 2.45) is 5.73 Å². The molecule has 20 heavy (non-hydrogen) atoms.